The van der Waals surface area contributed by atoms with Crippen molar-refractivity contribution in [1.29, 1.82) is 0 Å². The van der Waals surface area contributed by atoms with E-state index in [1.54, 1.807) is 0 Å². The van der Waals surface area contributed by atoms with Gasteiger partial charge in [-0.25, -0.2) is 9.78 Å². The fourth-order valence-corrected chi connectivity index (χ4v) is 1.88. The van der Waals surface area contributed by atoms with E-state index in [1.807, 2.05) is 0 Å². The predicted octanol–water partition coefficient (Wildman–Crippen LogP) is 1.25. The highest BCUT2D eigenvalue weighted by Gasteiger charge is 2.11. The Balaban J connectivity index is 2.56. The number of nitrogens with one attached hydrogen (secondary N) is 2. The van der Waals surface area contributed by atoms with E-state index in [-0.39, 0.29) is 0 Å². The Morgan fingerprint density at radius 3 is 2.78 bits per heavy atom. The third-order valence-electron chi connectivity index (χ3n) is 2.83. The summed E-state index contributed by atoms with van der Waals surface area (Å²) in [6, 6.07) is 0. The van der Waals surface area contributed by atoms with Gasteiger partial charge >= 0.3 is 5.69 Å². The summed E-state index contributed by atoms with van der Waals surface area (Å²) in [5, 5.41) is 0. The van der Waals surface area contributed by atoms with Gasteiger partial charge in [0.15, 0.2) is 5.65 Å². The molecule has 6 heteroatoms. The van der Waals surface area contributed by atoms with Gasteiger partial charge < -0.3 is 4.98 Å². The van der Waals surface area contributed by atoms with Gasteiger partial charge in [0.25, 0.3) is 5.56 Å². The Bertz CT molecular complexity index is 677. The average Bonchev–Trinajstić information content (AvgIpc) is 2.78. The fourth-order valence-electron chi connectivity index (χ4n) is 1.88. The second-order valence-electron chi connectivity index (χ2n) is 4.14. The molecule has 0 aliphatic carbocycles. The first-order valence-corrected chi connectivity index (χ1v) is 6.02. The lowest BCUT2D eigenvalue weighted by Crippen LogP contribution is -2.30. The number of nitrogens with zero attached hydrogens (tertiary/aromatic N) is 2. The number of fused-ring (bicyclic) bond motifs is 1. The Labute approximate surface area is 103 Å². The number of rotatable bonds is 5. The third kappa shape index (κ3) is 2.13. The van der Waals surface area contributed by atoms with Crippen molar-refractivity contribution in [1.82, 2.24) is 19.5 Å². The van der Waals surface area contributed by atoms with E-state index in [1.165, 1.54) is 10.6 Å². The van der Waals surface area contributed by atoms with Crippen LogP contribution in [0.5, 0.6) is 0 Å². The molecule has 0 bridgehead atoms. The number of hydrogen-bond donors (Lipinski definition) is 2. The van der Waals surface area contributed by atoms with Crippen molar-refractivity contribution in [3.05, 3.63) is 33.2 Å². The molecule has 0 aliphatic heterocycles. The monoisotopic (exact) mass is 248 g/mol. The molecule has 0 amide bonds. The number of H-pyrrole nitrogens is 2. The van der Waals surface area contributed by atoms with E-state index in [0.717, 1.165) is 19.3 Å². The van der Waals surface area contributed by atoms with E-state index in [9.17, 15) is 9.59 Å². The standard InChI is InChI=1S/C12H16N4O2/c1-3-5-6-7-16-10-9(11(17)15-12(16)18)13-8(4-2)14-10/h4H,2-3,5-7H2,1H3,(H,13,14)(H,15,17,18). The van der Waals surface area contributed by atoms with Gasteiger partial charge in [0.1, 0.15) is 11.3 Å². The summed E-state index contributed by atoms with van der Waals surface area (Å²) < 4.78 is 1.50. The summed E-state index contributed by atoms with van der Waals surface area (Å²) in [7, 11) is 0. The van der Waals surface area contributed by atoms with Gasteiger partial charge in [0.05, 0.1) is 0 Å². The minimum Gasteiger partial charge on any atom is -0.333 e. The molecule has 2 heterocycles. The van der Waals surface area contributed by atoms with Gasteiger partial charge in [0, 0.05) is 6.54 Å². The highest BCUT2D eigenvalue weighted by Crippen LogP contribution is 2.07. The molecule has 0 saturated carbocycles. The summed E-state index contributed by atoms with van der Waals surface area (Å²) in [5.74, 6) is 0.491. The fraction of sp³-hybridized carbons (Fsp3) is 0.417. The first-order chi connectivity index (χ1) is 8.67. The molecular weight excluding hydrogens is 232 g/mol. The van der Waals surface area contributed by atoms with Crippen LogP contribution in [0.25, 0.3) is 17.2 Å². The molecule has 0 aliphatic rings. The van der Waals surface area contributed by atoms with E-state index < -0.39 is 11.2 Å². The first kappa shape index (κ1) is 12.3. The van der Waals surface area contributed by atoms with Crippen molar-refractivity contribution in [2.24, 2.45) is 0 Å². The normalized spacial score (nSPS) is 10.9. The van der Waals surface area contributed by atoms with Crippen molar-refractivity contribution in [3.63, 3.8) is 0 Å². The number of unbranched alkanes of at least 4 members (excludes halogenated alkanes) is 2. The van der Waals surface area contributed by atoms with Gasteiger partial charge in [-0.2, -0.15) is 0 Å². The first-order valence-electron chi connectivity index (χ1n) is 6.02. The lowest BCUT2D eigenvalue weighted by molar-refractivity contribution is 0.588. The molecular formula is C12H16N4O2. The molecule has 2 N–H and O–H groups in total. The second-order valence-corrected chi connectivity index (χ2v) is 4.14. The van der Waals surface area contributed by atoms with Crippen LogP contribution in [0.3, 0.4) is 0 Å². The van der Waals surface area contributed by atoms with Crippen LogP contribution in [-0.2, 0) is 6.54 Å². The molecule has 0 unspecified atom stereocenters. The average molecular weight is 248 g/mol. The van der Waals surface area contributed by atoms with Gasteiger partial charge in [-0.15, -0.1) is 0 Å². The zero-order valence-corrected chi connectivity index (χ0v) is 10.3. The lowest BCUT2D eigenvalue weighted by Gasteiger charge is -2.04. The Kier molecular flexibility index (Phi) is 3.45. The number of aromatic amines is 2. The molecule has 0 spiro atoms. The maximum Gasteiger partial charge on any atom is 0.330 e. The Morgan fingerprint density at radius 1 is 1.33 bits per heavy atom. The largest absolute Gasteiger partial charge is 0.333 e. The summed E-state index contributed by atoms with van der Waals surface area (Å²) in [4.78, 5) is 32.7. The van der Waals surface area contributed by atoms with E-state index in [0.29, 0.717) is 23.5 Å². The van der Waals surface area contributed by atoms with Crippen molar-refractivity contribution in [2.45, 2.75) is 32.7 Å². The molecule has 2 aromatic heterocycles. The second kappa shape index (κ2) is 5.03. The van der Waals surface area contributed by atoms with Gasteiger partial charge in [-0.1, -0.05) is 26.3 Å². The number of aryl methyl sites for hydroxylation is 1. The lowest BCUT2D eigenvalue weighted by atomic mass is 10.2. The minimum atomic E-state index is -0.442. The molecule has 0 atom stereocenters. The van der Waals surface area contributed by atoms with Gasteiger partial charge in [-0.3, -0.25) is 14.3 Å². The van der Waals surface area contributed by atoms with Crippen LogP contribution in [0.15, 0.2) is 16.2 Å². The molecule has 96 valence electrons. The number of aromatic nitrogens is 4. The maximum absolute atomic E-state index is 11.8. The van der Waals surface area contributed by atoms with Crippen molar-refractivity contribution in [2.75, 3.05) is 0 Å². The molecule has 6 nitrogen and oxygen atoms in total. The summed E-state index contributed by atoms with van der Waals surface area (Å²) >= 11 is 0. The highest BCUT2D eigenvalue weighted by molar-refractivity contribution is 5.71. The van der Waals surface area contributed by atoms with Crippen LogP contribution in [0, 0.1) is 0 Å². The van der Waals surface area contributed by atoms with Crippen molar-refractivity contribution in [3.8, 4) is 0 Å². The van der Waals surface area contributed by atoms with Crippen LogP contribution < -0.4 is 11.2 Å². The van der Waals surface area contributed by atoms with Crippen LogP contribution in [-0.4, -0.2) is 19.5 Å². The van der Waals surface area contributed by atoms with E-state index in [4.69, 9.17) is 0 Å². The van der Waals surface area contributed by atoms with Crippen molar-refractivity contribution < 1.29 is 0 Å². The molecule has 2 rings (SSSR count). The summed E-state index contributed by atoms with van der Waals surface area (Å²) in [6.07, 6.45) is 4.50. The van der Waals surface area contributed by atoms with E-state index >= 15 is 0 Å². The van der Waals surface area contributed by atoms with Crippen LogP contribution >= 0.6 is 0 Å². The van der Waals surface area contributed by atoms with Gasteiger partial charge in [-0.05, 0) is 12.5 Å². The Hall–Kier alpha value is -2.11. The molecule has 0 radical (unpaired) electrons. The highest BCUT2D eigenvalue weighted by atomic mass is 16.2. The van der Waals surface area contributed by atoms with E-state index in [2.05, 4.69) is 28.5 Å². The smallest absolute Gasteiger partial charge is 0.330 e. The Morgan fingerprint density at radius 2 is 2.11 bits per heavy atom. The van der Waals surface area contributed by atoms with Crippen LogP contribution in [0.2, 0.25) is 0 Å². The molecule has 0 aromatic carbocycles. The van der Waals surface area contributed by atoms with Crippen LogP contribution in [0.1, 0.15) is 32.0 Å². The van der Waals surface area contributed by atoms with Gasteiger partial charge in [0.2, 0.25) is 0 Å². The summed E-state index contributed by atoms with van der Waals surface area (Å²) in [6.45, 7) is 6.24. The quantitative estimate of drug-likeness (QED) is 0.781. The SMILES string of the molecule is C=Cc1nc2c([nH]1)c(=O)[nH]c(=O)n2CCCCC. The molecule has 18 heavy (non-hydrogen) atoms. The maximum atomic E-state index is 11.8. The molecule has 0 fully saturated rings. The molecule has 0 saturated heterocycles. The third-order valence-corrected chi connectivity index (χ3v) is 2.83. The predicted molar refractivity (Wildman–Crippen MR) is 70.6 cm³/mol. The van der Waals surface area contributed by atoms with Crippen molar-refractivity contribution >= 4 is 17.2 Å². The topological polar surface area (TPSA) is 83.5 Å². The molecule has 2 aromatic rings. The number of hydrogen-bond acceptors (Lipinski definition) is 3. The zero-order chi connectivity index (χ0) is 13.1. The zero-order valence-electron chi connectivity index (χ0n) is 10.3. The van der Waals surface area contributed by atoms with Crippen LogP contribution in [0.4, 0.5) is 0 Å². The number of imidazole rings is 1. The minimum absolute atomic E-state index is 0.320. The summed E-state index contributed by atoms with van der Waals surface area (Å²) in [5.41, 5.74) is -0.135.